The monoisotopic (exact) mass is 72.0 g/mol. The third-order valence-corrected chi connectivity index (χ3v) is 0.185. The molecule has 0 rings (SSSR count). The number of hydrogen-bond donors (Lipinski definition) is 1. The first-order chi connectivity index (χ1) is 2.41. The lowest BCUT2D eigenvalue weighted by Crippen LogP contribution is -2.48. The summed E-state index contributed by atoms with van der Waals surface area (Å²) in [7, 11) is 0. The third kappa shape index (κ3) is 3.48. The van der Waals surface area contributed by atoms with Gasteiger partial charge < -0.3 is 0 Å². The van der Waals surface area contributed by atoms with E-state index >= 15 is 0 Å². The molecule has 28 valence electrons. The van der Waals surface area contributed by atoms with Crippen LogP contribution in [0.5, 0.6) is 0 Å². The molecule has 0 aliphatic rings. The predicted molar refractivity (Wildman–Crippen MR) is 17.7 cm³/mol. The molecule has 0 spiro atoms. The van der Waals surface area contributed by atoms with Crippen molar-refractivity contribution in [2.45, 2.75) is 0 Å². The maximum atomic E-state index is 4.72. The van der Waals surface area contributed by atoms with Crippen molar-refractivity contribution in [3.8, 4) is 12.3 Å². The summed E-state index contributed by atoms with van der Waals surface area (Å²) in [5.74, 6) is 5.27. The molecular weight excluding hydrogens is 66.0 g/mol. The molecular formula is C3H6NO+. The van der Waals surface area contributed by atoms with Crippen LogP contribution >= 0.6 is 0 Å². The summed E-state index contributed by atoms with van der Waals surface area (Å²) < 4.78 is 0. The van der Waals surface area contributed by atoms with Crippen LogP contribution in [0.25, 0.3) is 0 Å². The van der Waals surface area contributed by atoms with Crippen LogP contribution in [0.4, 0.5) is 0 Å². The van der Waals surface area contributed by atoms with E-state index in [0.717, 1.165) is 0 Å². The van der Waals surface area contributed by atoms with E-state index in [9.17, 15) is 0 Å². The van der Waals surface area contributed by atoms with E-state index < -0.39 is 0 Å². The molecule has 0 aliphatic carbocycles. The maximum Gasteiger partial charge on any atom is 0.166 e. The van der Waals surface area contributed by atoms with Crippen LogP contribution in [0.1, 0.15) is 0 Å². The Labute approximate surface area is 30.9 Å². The largest absolute Gasteiger partial charge is 0.212 e. The van der Waals surface area contributed by atoms with Gasteiger partial charge in [-0.05, 0) is 0 Å². The molecule has 0 aromatic heterocycles. The summed E-state index contributed by atoms with van der Waals surface area (Å²) in [5.41, 5.74) is 0. The van der Waals surface area contributed by atoms with E-state index in [1.807, 2.05) is 0 Å². The molecule has 0 bridgehead atoms. The van der Waals surface area contributed by atoms with Crippen molar-refractivity contribution in [3.63, 3.8) is 0 Å². The average Bonchev–Trinajstić information content (AvgIpc) is 1.41. The number of quaternary nitrogens is 1. The van der Waals surface area contributed by atoms with Crippen LogP contribution in [-0.4, -0.2) is 6.61 Å². The van der Waals surface area contributed by atoms with E-state index in [4.69, 9.17) is 6.42 Å². The third-order valence-electron chi connectivity index (χ3n) is 0.185. The lowest BCUT2D eigenvalue weighted by molar-refractivity contribution is -0.685. The lowest BCUT2D eigenvalue weighted by Gasteiger charge is -1.71. The molecule has 0 amide bonds. The minimum Gasteiger partial charge on any atom is -0.212 e. The highest BCUT2D eigenvalue weighted by Crippen LogP contribution is 1.45. The molecule has 3 N–H and O–H groups in total. The summed E-state index contributed by atoms with van der Waals surface area (Å²) in [6.45, 7) is 0.306. The zero-order chi connectivity index (χ0) is 4.12. The highest BCUT2D eigenvalue weighted by Gasteiger charge is 1.62. The van der Waals surface area contributed by atoms with Crippen molar-refractivity contribution < 1.29 is 10.7 Å². The molecule has 0 heterocycles. The fourth-order valence-electron chi connectivity index (χ4n) is 0.0589. The van der Waals surface area contributed by atoms with Gasteiger partial charge in [0.2, 0.25) is 0 Å². The Balaban J connectivity index is 2.48. The Bertz CT molecular complexity index is 45.3. The Hall–Kier alpha value is -0.520. The molecule has 0 saturated carbocycles. The molecule has 0 saturated heterocycles. The first-order valence-corrected chi connectivity index (χ1v) is 1.22. The lowest BCUT2D eigenvalue weighted by atomic mass is 10.8. The summed E-state index contributed by atoms with van der Waals surface area (Å²) in [5, 5.41) is 0. The fraction of sp³-hybridized carbons (Fsp3) is 0.333. The van der Waals surface area contributed by atoms with E-state index in [1.54, 1.807) is 0 Å². The predicted octanol–water partition coefficient (Wildman–Crippen LogP) is -1.21. The normalized spacial score (nSPS) is 6.40. The Morgan fingerprint density at radius 1 is 2.00 bits per heavy atom. The van der Waals surface area contributed by atoms with Gasteiger partial charge in [0.25, 0.3) is 0 Å². The van der Waals surface area contributed by atoms with Crippen LogP contribution in [0.2, 0.25) is 0 Å². The molecule has 0 unspecified atom stereocenters. The summed E-state index contributed by atoms with van der Waals surface area (Å²) in [6, 6.07) is 0. The van der Waals surface area contributed by atoms with E-state index in [2.05, 4.69) is 16.7 Å². The van der Waals surface area contributed by atoms with Crippen molar-refractivity contribution >= 4 is 0 Å². The highest BCUT2D eigenvalue weighted by atomic mass is 16.6. The van der Waals surface area contributed by atoms with E-state index in [-0.39, 0.29) is 0 Å². The molecule has 2 nitrogen and oxygen atoms in total. The van der Waals surface area contributed by atoms with Crippen molar-refractivity contribution in [2.75, 3.05) is 6.61 Å². The molecule has 0 aromatic carbocycles. The van der Waals surface area contributed by atoms with Gasteiger partial charge in [0, 0.05) is 0 Å². The van der Waals surface area contributed by atoms with E-state index in [0.29, 0.717) is 6.61 Å². The number of hydrogen-bond acceptors (Lipinski definition) is 1. The van der Waals surface area contributed by atoms with Gasteiger partial charge in [-0.3, -0.25) is 0 Å². The van der Waals surface area contributed by atoms with Crippen molar-refractivity contribution in [1.29, 1.82) is 0 Å². The van der Waals surface area contributed by atoms with Gasteiger partial charge >= 0.3 is 0 Å². The topological polar surface area (TPSA) is 36.9 Å². The Kier molecular flexibility index (Phi) is 3.12. The molecule has 0 aliphatic heterocycles. The second kappa shape index (κ2) is 3.48. The fourth-order valence-corrected chi connectivity index (χ4v) is 0.0589. The van der Waals surface area contributed by atoms with Gasteiger partial charge in [-0.25, -0.2) is 5.90 Å². The molecule has 0 aromatic rings. The van der Waals surface area contributed by atoms with Crippen molar-refractivity contribution in [1.82, 2.24) is 0 Å². The van der Waals surface area contributed by atoms with E-state index in [1.165, 1.54) is 0 Å². The molecule has 5 heavy (non-hydrogen) atoms. The zero-order valence-electron chi connectivity index (χ0n) is 2.90. The van der Waals surface area contributed by atoms with Crippen LogP contribution in [0.15, 0.2) is 0 Å². The smallest absolute Gasteiger partial charge is 0.166 e. The summed E-state index contributed by atoms with van der Waals surface area (Å²) in [6.07, 6.45) is 4.72. The first-order valence-electron chi connectivity index (χ1n) is 1.22. The SMILES string of the molecule is C#CCO[NH3+]. The molecule has 0 fully saturated rings. The molecule has 2 heteroatoms. The maximum absolute atomic E-state index is 4.72. The number of terminal acetylenes is 1. The molecule has 0 radical (unpaired) electrons. The zero-order valence-corrected chi connectivity index (χ0v) is 2.90. The second-order valence-electron chi connectivity index (χ2n) is 0.553. The Morgan fingerprint density at radius 2 is 2.60 bits per heavy atom. The van der Waals surface area contributed by atoms with Gasteiger partial charge in [0.15, 0.2) is 6.61 Å². The average molecular weight is 72.1 g/mol. The quantitative estimate of drug-likeness (QED) is 0.306. The molecule has 0 atom stereocenters. The van der Waals surface area contributed by atoms with Gasteiger partial charge in [-0.15, -0.1) is 6.42 Å². The van der Waals surface area contributed by atoms with Crippen LogP contribution in [0, 0.1) is 12.3 Å². The number of rotatable bonds is 1. The van der Waals surface area contributed by atoms with Gasteiger partial charge in [-0.2, -0.15) is 4.84 Å². The standard InChI is InChI=1S/C3H6NO/c1-2-3-5-4/h1H,3H2,4H3/q+1. The summed E-state index contributed by atoms with van der Waals surface area (Å²) >= 11 is 0. The van der Waals surface area contributed by atoms with Crippen LogP contribution < -0.4 is 5.90 Å². The van der Waals surface area contributed by atoms with Gasteiger partial charge in [0.1, 0.15) is 0 Å². The van der Waals surface area contributed by atoms with Gasteiger partial charge in [-0.1, -0.05) is 5.92 Å². The van der Waals surface area contributed by atoms with Crippen molar-refractivity contribution in [2.24, 2.45) is 0 Å². The first kappa shape index (κ1) is 4.48. The van der Waals surface area contributed by atoms with Crippen LogP contribution in [-0.2, 0) is 4.84 Å². The minimum atomic E-state index is 0.306. The minimum absolute atomic E-state index is 0.306. The van der Waals surface area contributed by atoms with Crippen molar-refractivity contribution in [3.05, 3.63) is 0 Å². The summed E-state index contributed by atoms with van der Waals surface area (Å²) in [4.78, 5) is 4.20. The van der Waals surface area contributed by atoms with Crippen LogP contribution in [0.3, 0.4) is 0 Å². The van der Waals surface area contributed by atoms with Gasteiger partial charge in [0.05, 0.1) is 0 Å². The highest BCUT2D eigenvalue weighted by molar-refractivity contribution is 4.81. The Morgan fingerprint density at radius 3 is 2.60 bits per heavy atom. The second-order valence-corrected chi connectivity index (χ2v) is 0.553.